The Morgan fingerprint density at radius 3 is 2.47 bits per heavy atom. The molecular formula is C28H35N3O4S. The molecule has 36 heavy (non-hydrogen) atoms. The van der Waals surface area contributed by atoms with Gasteiger partial charge in [0, 0.05) is 34.5 Å². The fourth-order valence-corrected chi connectivity index (χ4v) is 4.93. The van der Waals surface area contributed by atoms with E-state index in [-0.39, 0.29) is 11.7 Å². The van der Waals surface area contributed by atoms with Crippen molar-refractivity contribution in [2.75, 3.05) is 5.32 Å². The highest BCUT2D eigenvalue weighted by Gasteiger charge is 2.29. The second-order valence-electron chi connectivity index (χ2n) is 9.48. The Balaban J connectivity index is 1.96. The number of thioether (sulfide) groups is 1. The number of carbonyl (C=O) groups excluding carboxylic acids is 1. The first-order valence-corrected chi connectivity index (χ1v) is 13.1. The number of anilines is 1. The zero-order valence-electron chi connectivity index (χ0n) is 21.6. The number of aryl methyl sites for hydroxylation is 1. The van der Waals surface area contributed by atoms with Crippen LogP contribution >= 0.6 is 11.8 Å². The summed E-state index contributed by atoms with van der Waals surface area (Å²) < 4.78 is 1.15. The largest absolute Gasteiger partial charge is 0.508 e. The number of carboxylic acids is 1. The van der Waals surface area contributed by atoms with Gasteiger partial charge < -0.3 is 20.1 Å². The number of phenolic OH excluding ortho intramolecular Hbond substituents is 1. The molecular weight excluding hydrogens is 474 g/mol. The summed E-state index contributed by atoms with van der Waals surface area (Å²) in [5.41, 5.74) is 3.45. The number of hydrogen-bond acceptors (Lipinski definition) is 5. The molecule has 0 fully saturated rings. The van der Waals surface area contributed by atoms with E-state index in [1.807, 2.05) is 32.0 Å². The summed E-state index contributed by atoms with van der Waals surface area (Å²) in [5.74, 6) is -0.413. The fraction of sp³-hybridized carbons (Fsp3) is 0.393. The maximum Gasteiger partial charge on any atom is 0.319 e. The zero-order valence-corrected chi connectivity index (χ0v) is 22.4. The number of aliphatic carboxylic acids is 1. The molecule has 3 rings (SSSR count). The lowest BCUT2D eigenvalue weighted by Crippen LogP contribution is -2.27. The van der Waals surface area contributed by atoms with Crippen LogP contribution in [0.3, 0.4) is 0 Å². The molecule has 1 aromatic heterocycles. The topological polar surface area (TPSA) is 104 Å². The summed E-state index contributed by atoms with van der Waals surface area (Å²) in [6.45, 7) is 10.2. The Kier molecular flexibility index (Phi) is 8.84. The van der Waals surface area contributed by atoms with Crippen LogP contribution in [-0.2, 0) is 11.3 Å². The number of aromatic hydroxyl groups is 1. The first-order valence-electron chi connectivity index (χ1n) is 12.2. The molecule has 2 aromatic carbocycles. The first-order chi connectivity index (χ1) is 17.0. The first kappa shape index (κ1) is 27.3. The Hall–Kier alpha value is -3.26. The molecule has 0 saturated carbocycles. The lowest BCUT2D eigenvalue weighted by Gasteiger charge is -2.20. The molecule has 3 aromatic rings. The fourth-order valence-electron chi connectivity index (χ4n) is 3.94. The van der Waals surface area contributed by atoms with Gasteiger partial charge in [0.1, 0.15) is 22.0 Å². The van der Waals surface area contributed by atoms with E-state index in [1.165, 1.54) is 17.8 Å². The van der Waals surface area contributed by atoms with E-state index in [0.29, 0.717) is 17.2 Å². The van der Waals surface area contributed by atoms with Gasteiger partial charge in [0.15, 0.2) is 0 Å². The number of nitrogens with zero attached hydrogens (tertiary/aromatic N) is 2. The number of carbonyl (C=O) groups is 2. The summed E-state index contributed by atoms with van der Waals surface area (Å²) in [6.07, 6.45) is 4.36. The number of aromatic nitrogens is 2. The molecule has 0 bridgehead atoms. The summed E-state index contributed by atoms with van der Waals surface area (Å²) in [6, 6.07) is 12.3. The highest BCUT2D eigenvalue weighted by Crippen LogP contribution is 2.36. The van der Waals surface area contributed by atoms with Gasteiger partial charge in [0.05, 0.1) is 0 Å². The van der Waals surface area contributed by atoms with Crippen molar-refractivity contribution < 1.29 is 19.8 Å². The van der Waals surface area contributed by atoms with Crippen LogP contribution in [0, 0.1) is 13.8 Å². The molecule has 7 nitrogen and oxygen atoms in total. The Morgan fingerprint density at radius 2 is 1.83 bits per heavy atom. The molecule has 0 atom stereocenters. The third-order valence-corrected chi connectivity index (χ3v) is 7.45. The van der Waals surface area contributed by atoms with Gasteiger partial charge in [-0.05, 0) is 63.9 Å². The molecule has 8 heteroatoms. The SMILES string of the molecule is CCCCCCn1c(-c2ccc(SC(C)(C)C(=O)O)c(C)c2)nc(C(=O)Nc2cccc(O)c2)c1C. The molecule has 0 saturated heterocycles. The van der Waals surface area contributed by atoms with Crippen molar-refractivity contribution in [2.24, 2.45) is 0 Å². The smallest absolute Gasteiger partial charge is 0.319 e. The lowest BCUT2D eigenvalue weighted by molar-refractivity contribution is -0.138. The molecule has 0 aliphatic heterocycles. The van der Waals surface area contributed by atoms with Gasteiger partial charge in [-0.2, -0.15) is 0 Å². The summed E-state index contributed by atoms with van der Waals surface area (Å²) in [4.78, 5) is 30.4. The van der Waals surface area contributed by atoms with Crippen molar-refractivity contribution in [1.29, 1.82) is 0 Å². The summed E-state index contributed by atoms with van der Waals surface area (Å²) in [5, 5.41) is 22.1. The maximum atomic E-state index is 13.1. The number of carboxylic acid groups (broad SMARTS) is 1. The van der Waals surface area contributed by atoms with E-state index in [1.54, 1.807) is 32.0 Å². The normalized spacial score (nSPS) is 11.5. The molecule has 0 spiro atoms. The maximum absolute atomic E-state index is 13.1. The Labute approximate surface area is 217 Å². The van der Waals surface area contributed by atoms with Crippen molar-refractivity contribution in [3.05, 3.63) is 59.4 Å². The number of unbranched alkanes of at least 4 members (excludes halogenated alkanes) is 3. The van der Waals surface area contributed by atoms with E-state index in [0.717, 1.165) is 53.9 Å². The van der Waals surface area contributed by atoms with Gasteiger partial charge in [0.25, 0.3) is 5.91 Å². The van der Waals surface area contributed by atoms with Crippen LogP contribution in [0.1, 0.15) is 68.2 Å². The summed E-state index contributed by atoms with van der Waals surface area (Å²) in [7, 11) is 0. The van der Waals surface area contributed by atoms with E-state index in [9.17, 15) is 19.8 Å². The van der Waals surface area contributed by atoms with Crippen molar-refractivity contribution >= 4 is 29.3 Å². The molecule has 0 aliphatic rings. The van der Waals surface area contributed by atoms with Gasteiger partial charge in [-0.1, -0.05) is 38.3 Å². The lowest BCUT2D eigenvalue weighted by atomic mass is 10.1. The van der Waals surface area contributed by atoms with E-state index in [2.05, 4.69) is 16.8 Å². The van der Waals surface area contributed by atoms with Gasteiger partial charge in [-0.25, -0.2) is 4.98 Å². The van der Waals surface area contributed by atoms with E-state index in [4.69, 9.17) is 4.98 Å². The van der Waals surface area contributed by atoms with Crippen LogP contribution in [0.25, 0.3) is 11.4 Å². The molecule has 3 N–H and O–H groups in total. The predicted octanol–water partition coefficient (Wildman–Crippen LogP) is 6.66. The average Bonchev–Trinajstić information content (AvgIpc) is 3.14. The number of rotatable bonds is 11. The molecule has 1 amide bonds. The molecule has 0 unspecified atom stereocenters. The minimum absolute atomic E-state index is 0.0752. The van der Waals surface area contributed by atoms with Crippen molar-refractivity contribution in [3.63, 3.8) is 0 Å². The number of benzene rings is 2. The van der Waals surface area contributed by atoms with Crippen LogP contribution in [0.5, 0.6) is 5.75 Å². The third-order valence-electron chi connectivity index (χ3n) is 6.09. The third kappa shape index (κ3) is 6.49. The Bertz CT molecular complexity index is 1250. The van der Waals surface area contributed by atoms with Crippen LogP contribution in [0.4, 0.5) is 5.69 Å². The minimum Gasteiger partial charge on any atom is -0.508 e. The van der Waals surface area contributed by atoms with Gasteiger partial charge in [0.2, 0.25) is 0 Å². The number of nitrogens with one attached hydrogen (secondary N) is 1. The van der Waals surface area contributed by atoms with Crippen LogP contribution in [-0.4, -0.2) is 36.4 Å². The van der Waals surface area contributed by atoms with Crippen molar-refractivity contribution in [3.8, 4) is 17.1 Å². The van der Waals surface area contributed by atoms with Gasteiger partial charge in [-0.3, -0.25) is 9.59 Å². The average molecular weight is 510 g/mol. The second kappa shape index (κ2) is 11.6. The standard InChI is InChI=1S/C28H35N3O4S/c1-6-7-8-9-15-31-19(3)24(26(33)29-21-11-10-12-22(32)17-21)30-25(31)20-13-14-23(18(2)16-20)36-28(4,5)27(34)35/h10-14,16-17,32H,6-9,15H2,1-5H3,(H,29,33)(H,34,35). The number of imidazole rings is 1. The minimum atomic E-state index is -0.947. The summed E-state index contributed by atoms with van der Waals surface area (Å²) >= 11 is 1.31. The predicted molar refractivity (Wildman–Crippen MR) is 145 cm³/mol. The number of phenols is 1. The zero-order chi connectivity index (χ0) is 26.5. The van der Waals surface area contributed by atoms with E-state index < -0.39 is 10.7 Å². The second-order valence-corrected chi connectivity index (χ2v) is 11.1. The molecule has 1 heterocycles. The van der Waals surface area contributed by atoms with Crippen molar-refractivity contribution in [2.45, 2.75) is 76.5 Å². The monoisotopic (exact) mass is 509 g/mol. The highest BCUT2D eigenvalue weighted by molar-refractivity contribution is 8.01. The number of amides is 1. The van der Waals surface area contributed by atoms with Crippen molar-refractivity contribution in [1.82, 2.24) is 9.55 Å². The highest BCUT2D eigenvalue weighted by atomic mass is 32.2. The molecule has 0 radical (unpaired) electrons. The molecule has 192 valence electrons. The van der Waals surface area contributed by atoms with E-state index >= 15 is 0 Å². The Morgan fingerprint density at radius 1 is 1.08 bits per heavy atom. The molecule has 0 aliphatic carbocycles. The van der Waals surface area contributed by atoms with Crippen LogP contribution in [0.15, 0.2) is 47.4 Å². The van der Waals surface area contributed by atoms with Crippen LogP contribution in [0.2, 0.25) is 0 Å². The van der Waals surface area contributed by atoms with Crippen LogP contribution < -0.4 is 5.32 Å². The quantitative estimate of drug-likeness (QED) is 0.197. The van der Waals surface area contributed by atoms with Gasteiger partial charge >= 0.3 is 5.97 Å². The van der Waals surface area contributed by atoms with Gasteiger partial charge in [-0.15, -0.1) is 11.8 Å². The number of hydrogen-bond donors (Lipinski definition) is 3.